The molecule has 1 aromatic heterocycles. The van der Waals surface area contributed by atoms with Gasteiger partial charge in [-0.3, -0.25) is 4.79 Å². The Morgan fingerprint density at radius 3 is 2.46 bits per heavy atom. The summed E-state index contributed by atoms with van der Waals surface area (Å²) in [7, 11) is 1.89. The molecule has 1 heterocycles. The van der Waals surface area contributed by atoms with Crippen LogP contribution < -0.4 is 5.73 Å². The second-order valence-electron chi connectivity index (χ2n) is 5.21. The van der Waals surface area contributed by atoms with Crippen LogP contribution in [0.4, 0.5) is 5.69 Å². The van der Waals surface area contributed by atoms with Crippen LogP contribution in [0.2, 0.25) is 0 Å². The molecule has 3 aromatic rings. The lowest BCUT2D eigenvalue weighted by molar-refractivity contribution is 0.102. The fourth-order valence-electron chi connectivity index (χ4n) is 2.17. The number of rotatable bonds is 5. The normalized spacial score (nSPS) is 10.8. The van der Waals surface area contributed by atoms with Crippen LogP contribution in [0.25, 0.3) is 11.4 Å². The zero-order valence-corrected chi connectivity index (χ0v) is 15.3. The van der Waals surface area contributed by atoms with Gasteiger partial charge < -0.3 is 10.3 Å². The lowest BCUT2D eigenvalue weighted by atomic mass is 10.2. The minimum atomic E-state index is 0.0598. The van der Waals surface area contributed by atoms with Crippen molar-refractivity contribution in [3.63, 3.8) is 0 Å². The Hall–Kier alpha value is -2.12. The summed E-state index contributed by atoms with van der Waals surface area (Å²) in [5, 5.41) is 9.09. The number of hydrogen-bond donors (Lipinski definition) is 1. The smallest absolute Gasteiger partial charge is 0.191 e. The highest BCUT2D eigenvalue weighted by molar-refractivity contribution is 9.10. The summed E-state index contributed by atoms with van der Waals surface area (Å²) in [6.45, 7) is 0. The summed E-state index contributed by atoms with van der Waals surface area (Å²) in [5.41, 5.74) is 8.03. The van der Waals surface area contributed by atoms with Crippen molar-refractivity contribution in [3.8, 4) is 11.4 Å². The maximum absolute atomic E-state index is 12.2. The van der Waals surface area contributed by atoms with Crippen LogP contribution in [0.1, 0.15) is 10.4 Å². The lowest BCUT2D eigenvalue weighted by Gasteiger charge is -2.04. The number of nitrogen functional groups attached to an aromatic ring is 1. The molecule has 2 N–H and O–H groups in total. The number of nitrogens with zero attached hydrogens (tertiary/aromatic N) is 3. The highest BCUT2D eigenvalue weighted by Crippen LogP contribution is 2.24. The van der Waals surface area contributed by atoms with Crippen molar-refractivity contribution in [2.24, 2.45) is 7.05 Å². The van der Waals surface area contributed by atoms with Gasteiger partial charge in [0.1, 0.15) is 0 Å². The Labute approximate surface area is 152 Å². The molecule has 0 aliphatic carbocycles. The zero-order chi connectivity index (χ0) is 17.1. The molecule has 0 radical (unpaired) electrons. The van der Waals surface area contributed by atoms with E-state index in [1.807, 2.05) is 60.1 Å². The van der Waals surface area contributed by atoms with Crippen molar-refractivity contribution in [1.29, 1.82) is 0 Å². The van der Waals surface area contributed by atoms with E-state index in [1.54, 1.807) is 0 Å². The molecule has 0 amide bonds. The highest BCUT2D eigenvalue weighted by atomic mass is 79.9. The van der Waals surface area contributed by atoms with Crippen molar-refractivity contribution < 1.29 is 4.79 Å². The molecule has 122 valence electrons. The van der Waals surface area contributed by atoms with Crippen molar-refractivity contribution in [1.82, 2.24) is 14.8 Å². The molecule has 7 heteroatoms. The van der Waals surface area contributed by atoms with Gasteiger partial charge >= 0.3 is 0 Å². The molecule has 0 atom stereocenters. The first-order chi connectivity index (χ1) is 11.5. The molecule has 3 rings (SSSR count). The Morgan fingerprint density at radius 1 is 1.12 bits per heavy atom. The Morgan fingerprint density at radius 2 is 1.79 bits per heavy atom. The van der Waals surface area contributed by atoms with Crippen LogP contribution in [0.15, 0.2) is 58.2 Å². The predicted octanol–water partition coefficient (Wildman–Crippen LogP) is 3.80. The van der Waals surface area contributed by atoms with Crippen LogP contribution in [-0.2, 0) is 7.05 Å². The number of nitrogens with two attached hydrogens (primary N) is 1. The summed E-state index contributed by atoms with van der Waals surface area (Å²) in [6, 6.07) is 14.8. The number of carbonyl (C=O) groups excluding carboxylic acids is 1. The highest BCUT2D eigenvalue weighted by Gasteiger charge is 2.13. The summed E-state index contributed by atoms with van der Waals surface area (Å²) in [4.78, 5) is 12.2. The molecular weight excluding hydrogens is 388 g/mol. The van der Waals surface area contributed by atoms with Gasteiger partial charge in [0.25, 0.3) is 0 Å². The maximum Gasteiger partial charge on any atom is 0.191 e. The molecule has 0 aliphatic heterocycles. The average Bonchev–Trinajstić information content (AvgIpc) is 2.95. The summed E-state index contributed by atoms with van der Waals surface area (Å²) >= 11 is 4.74. The largest absolute Gasteiger partial charge is 0.399 e. The minimum absolute atomic E-state index is 0.0598. The van der Waals surface area contributed by atoms with E-state index in [1.165, 1.54) is 11.8 Å². The number of halogens is 1. The molecular formula is C17H15BrN4OS. The fraction of sp³-hybridized carbons (Fsp3) is 0.118. The molecule has 5 nitrogen and oxygen atoms in total. The van der Waals surface area contributed by atoms with Gasteiger partial charge in [-0.1, -0.05) is 39.8 Å². The van der Waals surface area contributed by atoms with E-state index < -0.39 is 0 Å². The second kappa shape index (κ2) is 7.19. The monoisotopic (exact) mass is 402 g/mol. The maximum atomic E-state index is 12.2. The number of ketones is 1. The molecule has 24 heavy (non-hydrogen) atoms. The van der Waals surface area contributed by atoms with Gasteiger partial charge in [0.05, 0.1) is 5.75 Å². The summed E-state index contributed by atoms with van der Waals surface area (Å²) < 4.78 is 2.83. The molecule has 0 spiro atoms. The first-order valence-corrected chi connectivity index (χ1v) is 8.99. The summed E-state index contributed by atoms with van der Waals surface area (Å²) in [6.07, 6.45) is 0. The standard InChI is InChI=1S/C17H15BrN4OS/c1-22-16(12-4-8-14(19)9-5-12)20-21-17(22)24-10-15(23)11-2-6-13(18)7-3-11/h2-9H,10,19H2,1H3. The van der Waals surface area contributed by atoms with E-state index in [4.69, 9.17) is 5.73 Å². The molecule has 0 aliphatic rings. The predicted molar refractivity (Wildman–Crippen MR) is 100 cm³/mol. The first-order valence-electron chi connectivity index (χ1n) is 7.21. The molecule has 0 fully saturated rings. The number of benzene rings is 2. The number of hydrogen-bond acceptors (Lipinski definition) is 5. The fourth-order valence-corrected chi connectivity index (χ4v) is 3.24. The van der Waals surface area contributed by atoms with Gasteiger partial charge in [0.15, 0.2) is 16.8 Å². The van der Waals surface area contributed by atoms with E-state index >= 15 is 0 Å². The van der Waals surface area contributed by atoms with E-state index in [9.17, 15) is 4.79 Å². The molecule has 0 saturated carbocycles. The van der Waals surface area contributed by atoms with E-state index in [2.05, 4.69) is 26.1 Å². The van der Waals surface area contributed by atoms with Gasteiger partial charge in [-0.2, -0.15) is 0 Å². The Bertz CT molecular complexity index is 859. The molecule has 2 aromatic carbocycles. The average molecular weight is 403 g/mol. The number of Topliss-reactive ketones (excluding diaryl/α,β-unsaturated/α-hetero) is 1. The molecule has 0 bridgehead atoms. The third-order valence-corrected chi connectivity index (χ3v) is 5.05. The van der Waals surface area contributed by atoms with Crippen molar-refractivity contribution in [2.45, 2.75) is 5.16 Å². The van der Waals surface area contributed by atoms with Crippen LogP contribution in [-0.4, -0.2) is 26.3 Å². The lowest BCUT2D eigenvalue weighted by Crippen LogP contribution is -2.03. The number of carbonyl (C=O) groups is 1. The van der Waals surface area contributed by atoms with Gasteiger partial charge in [-0.15, -0.1) is 10.2 Å². The number of anilines is 1. The Kier molecular flexibility index (Phi) is 5.01. The second-order valence-corrected chi connectivity index (χ2v) is 7.06. The molecule has 0 unspecified atom stereocenters. The zero-order valence-electron chi connectivity index (χ0n) is 12.9. The van der Waals surface area contributed by atoms with Crippen molar-refractivity contribution >= 4 is 39.2 Å². The van der Waals surface area contributed by atoms with Gasteiger partial charge in [0.2, 0.25) is 0 Å². The Balaban J connectivity index is 1.71. The van der Waals surface area contributed by atoms with Crippen LogP contribution in [0.5, 0.6) is 0 Å². The third-order valence-electron chi connectivity index (χ3n) is 3.50. The summed E-state index contributed by atoms with van der Waals surface area (Å²) in [5.74, 6) is 1.12. The van der Waals surface area contributed by atoms with Gasteiger partial charge in [-0.05, 0) is 36.4 Å². The third kappa shape index (κ3) is 3.68. The minimum Gasteiger partial charge on any atom is -0.399 e. The topological polar surface area (TPSA) is 73.8 Å². The quantitative estimate of drug-likeness (QED) is 0.399. The number of aromatic nitrogens is 3. The van der Waals surface area contributed by atoms with Crippen LogP contribution in [0.3, 0.4) is 0 Å². The first kappa shape index (κ1) is 16.7. The van der Waals surface area contributed by atoms with Crippen LogP contribution in [0, 0.1) is 0 Å². The van der Waals surface area contributed by atoms with Crippen molar-refractivity contribution in [2.75, 3.05) is 11.5 Å². The van der Waals surface area contributed by atoms with E-state index in [-0.39, 0.29) is 5.78 Å². The van der Waals surface area contributed by atoms with Gasteiger partial charge in [-0.25, -0.2) is 0 Å². The SMILES string of the molecule is Cn1c(SCC(=O)c2ccc(Br)cc2)nnc1-c1ccc(N)cc1. The van der Waals surface area contributed by atoms with Crippen LogP contribution >= 0.6 is 27.7 Å². The van der Waals surface area contributed by atoms with E-state index in [0.29, 0.717) is 22.2 Å². The van der Waals surface area contributed by atoms with Crippen molar-refractivity contribution in [3.05, 3.63) is 58.6 Å². The molecule has 0 saturated heterocycles. The number of thioether (sulfide) groups is 1. The van der Waals surface area contributed by atoms with Gasteiger partial charge in [0, 0.05) is 28.3 Å². The van der Waals surface area contributed by atoms with E-state index in [0.717, 1.165) is 15.9 Å².